The van der Waals surface area contributed by atoms with E-state index in [9.17, 15) is 8.78 Å². The third kappa shape index (κ3) is 4.33. The van der Waals surface area contributed by atoms with Crippen LogP contribution in [-0.2, 0) is 0 Å². The number of halogens is 3. The lowest BCUT2D eigenvalue weighted by molar-refractivity contribution is 0.204. The van der Waals surface area contributed by atoms with E-state index < -0.39 is 6.43 Å². The topological polar surface area (TPSA) is 0 Å². The van der Waals surface area contributed by atoms with Crippen molar-refractivity contribution in [2.45, 2.75) is 6.43 Å². The Kier molecular flexibility index (Phi) is 3.71. The highest BCUT2D eigenvalue weighted by Gasteiger charge is 1.88. The zero-order valence-electron chi connectivity index (χ0n) is 2.87. The van der Waals surface area contributed by atoms with Crippen LogP contribution in [-0.4, -0.2) is 6.43 Å². The molecule has 0 nitrogen and oxygen atoms in total. The fraction of sp³-hybridized carbons (Fsp3) is 0.333. The van der Waals surface area contributed by atoms with Crippen LogP contribution in [0.1, 0.15) is 0 Å². The standard InChI is InChI=1S/C3H3F2I/c4-3(5)1-2-6/h1-3H. The van der Waals surface area contributed by atoms with E-state index in [1.54, 1.807) is 22.6 Å². The second-order valence-electron chi connectivity index (χ2n) is 0.653. The summed E-state index contributed by atoms with van der Waals surface area (Å²) in [7, 11) is 0. The van der Waals surface area contributed by atoms with Gasteiger partial charge in [0.25, 0.3) is 6.43 Å². The van der Waals surface area contributed by atoms with Crippen LogP contribution in [0.15, 0.2) is 10.2 Å². The summed E-state index contributed by atoms with van der Waals surface area (Å²) in [6.07, 6.45) is -1.47. The van der Waals surface area contributed by atoms with Crippen molar-refractivity contribution in [2.24, 2.45) is 0 Å². The van der Waals surface area contributed by atoms with Gasteiger partial charge in [-0.15, -0.1) is 0 Å². The summed E-state index contributed by atoms with van der Waals surface area (Å²) < 4.78 is 23.2. The maximum absolute atomic E-state index is 10.9. The largest absolute Gasteiger partial charge is 0.257 e. The lowest BCUT2D eigenvalue weighted by atomic mass is 10.7. The molecule has 0 aliphatic heterocycles. The highest BCUT2D eigenvalue weighted by atomic mass is 127. The van der Waals surface area contributed by atoms with E-state index in [0.717, 1.165) is 6.08 Å². The number of allylic oxidation sites excluding steroid dienone is 1. The number of hydrogen-bond donors (Lipinski definition) is 0. The molecule has 0 aliphatic rings. The van der Waals surface area contributed by atoms with E-state index in [0.29, 0.717) is 0 Å². The first kappa shape index (κ1) is 6.33. The van der Waals surface area contributed by atoms with Gasteiger partial charge >= 0.3 is 0 Å². The second kappa shape index (κ2) is 3.52. The van der Waals surface area contributed by atoms with Crippen molar-refractivity contribution in [3.63, 3.8) is 0 Å². The molecule has 0 aromatic heterocycles. The molecule has 0 heterocycles. The lowest BCUT2D eigenvalue weighted by Gasteiger charge is -1.77. The Bertz CT molecular complexity index is 50.8. The van der Waals surface area contributed by atoms with Gasteiger partial charge in [-0.3, -0.25) is 0 Å². The average Bonchev–Trinajstić information content (AvgIpc) is 1.35. The SMILES string of the molecule is FC(F)C=CI. The summed E-state index contributed by atoms with van der Waals surface area (Å²) in [5.41, 5.74) is 0. The first-order valence-corrected chi connectivity index (χ1v) is 2.57. The molecule has 0 spiro atoms. The first-order valence-electron chi connectivity index (χ1n) is 1.32. The summed E-state index contributed by atoms with van der Waals surface area (Å²) in [6, 6.07) is 0. The minimum absolute atomic E-state index is 0.820. The third-order valence-electron chi connectivity index (χ3n) is 0.218. The monoisotopic (exact) mass is 204 g/mol. The maximum atomic E-state index is 10.9. The fourth-order valence-corrected chi connectivity index (χ4v) is 0.369. The Morgan fingerprint density at radius 3 is 2.00 bits per heavy atom. The van der Waals surface area contributed by atoms with Crippen molar-refractivity contribution in [2.75, 3.05) is 0 Å². The Morgan fingerprint density at radius 2 is 2.00 bits per heavy atom. The van der Waals surface area contributed by atoms with Gasteiger partial charge < -0.3 is 0 Å². The maximum Gasteiger partial charge on any atom is 0.257 e. The third-order valence-corrected chi connectivity index (χ3v) is 0.633. The molecule has 36 valence electrons. The van der Waals surface area contributed by atoms with E-state index in [1.807, 2.05) is 0 Å². The molecular formula is C3H3F2I. The Labute approximate surface area is 48.4 Å². The molecule has 0 N–H and O–H groups in total. The van der Waals surface area contributed by atoms with Gasteiger partial charge in [0.15, 0.2) is 0 Å². The van der Waals surface area contributed by atoms with E-state index in [-0.39, 0.29) is 0 Å². The Morgan fingerprint density at radius 1 is 1.50 bits per heavy atom. The van der Waals surface area contributed by atoms with Gasteiger partial charge in [-0.2, -0.15) is 0 Å². The molecule has 0 aliphatic carbocycles. The molecule has 0 aromatic rings. The summed E-state index contributed by atoms with van der Waals surface area (Å²) >= 11 is 1.74. The van der Waals surface area contributed by atoms with E-state index in [2.05, 4.69) is 0 Å². The molecular weight excluding hydrogens is 201 g/mol. The van der Waals surface area contributed by atoms with Gasteiger partial charge in [-0.1, -0.05) is 22.6 Å². The summed E-state index contributed by atoms with van der Waals surface area (Å²) in [6.45, 7) is 0. The van der Waals surface area contributed by atoms with Crippen molar-refractivity contribution < 1.29 is 8.78 Å². The van der Waals surface area contributed by atoms with E-state index in [4.69, 9.17) is 0 Å². The highest BCUT2D eigenvalue weighted by molar-refractivity contribution is 14.1. The normalized spacial score (nSPS) is 11.3. The minimum Gasteiger partial charge on any atom is -0.206 e. The summed E-state index contributed by atoms with van der Waals surface area (Å²) in [5, 5.41) is 0. The van der Waals surface area contributed by atoms with Crippen LogP contribution in [0.5, 0.6) is 0 Å². The number of alkyl halides is 2. The molecule has 0 rings (SSSR count). The zero-order chi connectivity index (χ0) is 4.99. The molecule has 0 aromatic carbocycles. The van der Waals surface area contributed by atoms with Crippen LogP contribution >= 0.6 is 22.6 Å². The Hall–Kier alpha value is 0.330. The molecule has 0 unspecified atom stereocenters. The summed E-state index contributed by atoms with van der Waals surface area (Å²) in [4.78, 5) is 0. The molecule has 0 atom stereocenters. The quantitative estimate of drug-likeness (QED) is 0.574. The Balaban J connectivity index is 3.03. The van der Waals surface area contributed by atoms with Gasteiger partial charge in [0.1, 0.15) is 0 Å². The van der Waals surface area contributed by atoms with Crippen molar-refractivity contribution in [1.29, 1.82) is 0 Å². The molecule has 0 fully saturated rings. The van der Waals surface area contributed by atoms with Crippen LogP contribution in [0, 0.1) is 0 Å². The van der Waals surface area contributed by atoms with Crippen LogP contribution in [0.3, 0.4) is 0 Å². The van der Waals surface area contributed by atoms with Gasteiger partial charge in [-0.05, 0) is 10.2 Å². The van der Waals surface area contributed by atoms with E-state index in [1.165, 1.54) is 4.08 Å². The highest BCUT2D eigenvalue weighted by Crippen LogP contribution is 1.95. The molecule has 0 saturated heterocycles. The molecule has 6 heavy (non-hydrogen) atoms. The van der Waals surface area contributed by atoms with Crippen LogP contribution in [0.2, 0.25) is 0 Å². The number of hydrogen-bond acceptors (Lipinski definition) is 0. The minimum atomic E-state index is -2.29. The van der Waals surface area contributed by atoms with Gasteiger partial charge in [0, 0.05) is 0 Å². The van der Waals surface area contributed by atoms with Crippen LogP contribution in [0.25, 0.3) is 0 Å². The van der Waals surface area contributed by atoms with Gasteiger partial charge in [0.05, 0.1) is 0 Å². The van der Waals surface area contributed by atoms with Gasteiger partial charge in [0.2, 0.25) is 0 Å². The smallest absolute Gasteiger partial charge is 0.206 e. The predicted molar refractivity (Wildman–Crippen MR) is 29.2 cm³/mol. The molecule has 3 heteroatoms. The lowest BCUT2D eigenvalue weighted by Crippen LogP contribution is -1.75. The summed E-state index contributed by atoms with van der Waals surface area (Å²) in [5.74, 6) is 0. The van der Waals surface area contributed by atoms with Crippen LogP contribution < -0.4 is 0 Å². The second-order valence-corrected chi connectivity index (χ2v) is 1.37. The van der Waals surface area contributed by atoms with Crippen LogP contribution in [0.4, 0.5) is 8.78 Å². The van der Waals surface area contributed by atoms with Crippen molar-refractivity contribution in [1.82, 2.24) is 0 Å². The van der Waals surface area contributed by atoms with Gasteiger partial charge in [-0.25, -0.2) is 8.78 Å². The first-order chi connectivity index (χ1) is 2.77. The van der Waals surface area contributed by atoms with Crippen molar-refractivity contribution in [3.8, 4) is 0 Å². The average molecular weight is 204 g/mol. The molecule has 0 bridgehead atoms. The predicted octanol–water partition coefficient (Wildman–Crippen LogP) is 2.20. The van der Waals surface area contributed by atoms with Crippen molar-refractivity contribution >= 4 is 22.6 Å². The molecule has 0 saturated carbocycles. The molecule has 0 amide bonds. The zero-order valence-corrected chi connectivity index (χ0v) is 5.02. The van der Waals surface area contributed by atoms with Crippen molar-refractivity contribution in [3.05, 3.63) is 10.2 Å². The molecule has 0 radical (unpaired) electrons. The number of rotatable bonds is 1. The fourth-order valence-electron chi connectivity index (χ4n) is 0.0550. The van der Waals surface area contributed by atoms with E-state index >= 15 is 0 Å².